The summed E-state index contributed by atoms with van der Waals surface area (Å²) in [6, 6.07) is 14.4. The molecule has 6 rings (SSSR count). The molecule has 0 bridgehead atoms. The number of ether oxygens (including phenoxy) is 1. The Kier molecular flexibility index (Phi) is 8.95. The first-order valence-corrected chi connectivity index (χ1v) is 15.8. The molecule has 3 fully saturated rings. The number of hydrogen-bond donors (Lipinski definition) is 2. The quantitative estimate of drug-likeness (QED) is 0.366. The minimum absolute atomic E-state index is 0.00218. The first kappa shape index (κ1) is 29.6. The topological polar surface area (TPSA) is 103 Å². The molecule has 10 nitrogen and oxygen atoms in total. The van der Waals surface area contributed by atoms with Gasteiger partial charge in [0.15, 0.2) is 6.10 Å². The van der Waals surface area contributed by atoms with Crippen LogP contribution in [0.25, 0.3) is 11.0 Å². The number of nitrogens with one attached hydrogen (secondary N) is 2. The fourth-order valence-electron chi connectivity index (χ4n) is 6.97. The molecule has 3 saturated heterocycles. The van der Waals surface area contributed by atoms with Crippen LogP contribution in [0.15, 0.2) is 47.3 Å². The van der Waals surface area contributed by atoms with Crippen LogP contribution in [0.2, 0.25) is 0 Å². The predicted molar refractivity (Wildman–Crippen MR) is 173 cm³/mol. The number of piperazine rings is 1. The Labute approximate surface area is 254 Å². The van der Waals surface area contributed by atoms with E-state index in [4.69, 9.17) is 4.74 Å². The molecule has 2 N–H and O–H groups in total. The molecule has 0 aliphatic carbocycles. The number of piperidine rings is 2. The molecule has 1 aromatic heterocycles. The highest BCUT2D eigenvalue weighted by Crippen LogP contribution is 2.26. The maximum atomic E-state index is 13.9. The number of carbonyl (C=O) groups excluding carboxylic acids is 2. The summed E-state index contributed by atoms with van der Waals surface area (Å²) in [4.78, 5) is 49.1. The number of amides is 2. The van der Waals surface area contributed by atoms with Crippen LogP contribution in [-0.4, -0.2) is 116 Å². The molecule has 4 heterocycles. The molecule has 1 atom stereocenters. The van der Waals surface area contributed by atoms with E-state index in [0.29, 0.717) is 51.5 Å². The van der Waals surface area contributed by atoms with Gasteiger partial charge in [-0.15, -0.1) is 0 Å². The van der Waals surface area contributed by atoms with Gasteiger partial charge < -0.3 is 24.8 Å². The lowest BCUT2D eigenvalue weighted by atomic mass is 9.79. The average Bonchev–Trinajstić information content (AvgIpc) is 3.38. The number of likely N-dealkylation sites (tertiary alicyclic amines) is 2. The van der Waals surface area contributed by atoms with Gasteiger partial charge in [-0.3, -0.25) is 14.3 Å². The second-order valence-electron chi connectivity index (χ2n) is 12.4. The van der Waals surface area contributed by atoms with Gasteiger partial charge in [-0.1, -0.05) is 41.3 Å². The van der Waals surface area contributed by atoms with Crippen LogP contribution in [0.3, 0.4) is 0 Å². The summed E-state index contributed by atoms with van der Waals surface area (Å²) >= 11 is 0. The molecule has 43 heavy (non-hydrogen) atoms. The summed E-state index contributed by atoms with van der Waals surface area (Å²) in [5.41, 5.74) is 4.91. The van der Waals surface area contributed by atoms with E-state index in [2.05, 4.69) is 43.0 Å². The average molecular weight is 584 g/mol. The van der Waals surface area contributed by atoms with E-state index in [0.717, 1.165) is 61.1 Å². The largest absolute Gasteiger partial charge is 0.436 e. The number of imidazole rings is 1. The van der Waals surface area contributed by atoms with Gasteiger partial charge in [0, 0.05) is 70.9 Å². The van der Waals surface area contributed by atoms with E-state index in [1.165, 1.54) is 5.46 Å². The molecule has 3 aromatic rings. The molecule has 0 spiro atoms. The fraction of sp³-hybridized carbons (Fsp3) is 0.516. The Hall–Kier alpha value is -3.50. The zero-order chi connectivity index (χ0) is 29.9. The van der Waals surface area contributed by atoms with E-state index in [-0.39, 0.29) is 17.6 Å². The standard InChI is InChI=1S/C31H42B2N6O4/c32-24-6-5-21(19-25(24)33)20-28(29(40)37-13-7-22(8-14-37)36-17-11-34-12-18-36)43-31(42)38-15-9-23(10-16-38)39-27-4-2-1-3-26(27)35-30(39)41/h1-6,19,22-23,28,34H,7-18,20,32-33H2,(H,35,41)/t28-/m1/s1. The number of carbonyl (C=O) groups is 2. The number of aromatic amines is 1. The molecule has 0 radical (unpaired) electrons. The summed E-state index contributed by atoms with van der Waals surface area (Å²) < 4.78 is 7.86. The number of benzene rings is 2. The van der Waals surface area contributed by atoms with Gasteiger partial charge >= 0.3 is 11.8 Å². The lowest BCUT2D eigenvalue weighted by Crippen LogP contribution is -2.54. The fourth-order valence-corrected chi connectivity index (χ4v) is 6.97. The van der Waals surface area contributed by atoms with Gasteiger partial charge in [-0.25, -0.2) is 9.59 Å². The van der Waals surface area contributed by atoms with Gasteiger partial charge in [0.25, 0.3) is 5.91 Å². The summed E-state index contributed by atoms with van der Waals surface area (Å²) in [7, 11) is 4.13. The van der Waals surface area contributed by atoms with E-state index in [9.17, 15) is 14.4 Å². The maximum Gasteiger partial charge on any atom is 0.410 e. The molecular weight excluding hydrogens is 542 g/mol. The van der Waals surface area contributed by atoms with Crippen molar-refractivity contribution in [2.24, 2.45) is 0 Å². The predicted octanol–water partition coefficient (Wildman–Crippen LogP) is -0.873. The Morgan fingerprint density at radius 3 is 2.26 bits per heavy atom. The van der Waals surface area contributed by atoms with Gasteiger partial charge in [0.05, 0.1) is 11.0 Å². The van der Waals surface area contributed by atoms with Gasteiger partial charge in [-0.05, 0) is 43.4 Å². The summed E-state index contributed by atoms with van der Waals surface area (Å²) in [6.45, 7) is 6.44. The van der Waals surface area contributed by atoms with Crippen molar-refractivity contribution in [1.82, 2.24) is 29.6 Å². The molecule has 2 aromatic carbocycles. The summed E-state index contributed by atoms with van der Waals surface area (Å²) in [6.07, 6.45) is 2.19. The minimum atomic E-state index is -0.876. The van der Waals surface area contributed by atoms with Gasteiger partial charge in [0.1, 0.15) is 15.7 Å². The Bertz CT molecular complexity index is 1500. The second kappa shape index (κ2) is 13.0. The molecule has 0 saturated carbocycles. The van der Waals surface area contributed by atoms with Crippen LogP contribution in [0.1, 0.15) is 37.3 Å². The number of aromatic nitrogens is 2. The third-order valence-electron chi connectivity index (χ3n) is 9.67. The number of nitrogens with zero attached hydrogens (tertiary/aromatic N) is 4. The molecule has 12 heteroatoms. The van der Waals surface area contributed by atoms with Crippen molar-refractivity contribution in [2.45, 2.75) is 50.3 Å². The van der Waals surface area contributed by atoms with Crippen LogP contribution < -0.4 is 21.9 Å². The van der Waals surface area contributed by atoms with Crippen molar-refractivity contribution in [3.63, 3.8) is 0 Å². The number of hydrogen-bond acceptors (Lipinski definition) is 6. The van der Waals surface area contributed by atoms with Crippen molar-refractivity contribution in [3.05, 3.63) is 58.5 Å². The van der Waals surface area contributed by atoms with Gasteiger partial charge in [-0.2, -0.15) is 0 Å². The molecule has 226 valence electrons. The Morgan fingerprint density at radius 2 is 1.53 bits per heavy atom. The lowest BCUT2D eigenvalue weighted by molar-refractivity contribution is -0.142. The first-order chi connectivity index (χ1) is 20.9. The molecule has 0 unspecified atom stereocenters. The highest BCUT2D eigenvalue weighted by atomic mass is 16.6. The number of H-pyrrole nitrogens is 1. The van der Waals surface area contributed by atoms with Crippen LogP contribution >= 0.6 is 0 Å². The van der Waals surface area contributed by atoms with Crippen molar-refractivity contribution in [2.75, 3.05) is 52.4 Å². The van der Waals surface area contributed by atoms with E-state index in [1.54, 1.807) is 4.90 Å². The van der Waals surface area contributed by atoms with E-state index in [1.807, 2.05) is 39.8 Å². The van der Waals surface area contributed by atoms with Crippen molar-refractivity contribution in [3.8, 4) is 0 Å². The summed E-state index contributed by atoms with van der Waals surface area (Å²) in [5, 5.41) is 3.42. The maximum absolute atomic E-state index is 13.9. The number of rotatable bonds is 6. The van der Waals surface area contributed by atoms with Gasteiger partial charge in [0.2, 0.25) is 0 Å². The smallest absolute Gasteiger partial charge is 0.410 e. The lowest BCUT2D eigenvalue weighted by Gasteiger charge is -2.41. The summed E-state index contributed by atoms with van der Waals surface area (Å²) in [5.74, 6) is -0.106. The third-order valence-corrected chi connectivity index (χ3v) is 9.67. The van der Waals surface area contributed by atoms with Crippen LogP contribution in [0.5, 0.6) is 0 Å². The monoisotopic (exact) mass is 584 g/mol. The SMILES string of the molecule is Bc1ccc(C[C@@H](OC(=O)N2CCC(n3c(=O)[nH]c4ccccc43)CC2)C(=O)N2CCC(N3CCNCC3)CC2)cc1B. The molecular formula is C31H42B2N6O4. The van der Waals surface area contributed by atoms with Crippen LogP contribution in [0, 0.1) is 0 Å². The van der Waals surface area contributed by atoms with E-state index >= 15 is 0 Å². The zero-order valence-corrected chi connectivity index (χ0v) is 25.4. The van der Waals surface area contributed by atoms with Crippen LogP contribution in [-0.2, 0) is 16.0 Å². The Morgan fingerprint density at radius 1 is 0.860 bits per heavy atom. The Balaban J connectivity index is 1.11. The minimum Gasteiger partial charge on any atom is -0.436 e. The van der Waals surface area contributed by atoms with Crippen molar-refractivity contribution < 1.29 is 14.3 Å². The van der Waals surface area contributed by atoms with Crippen LogP contribution in [0.4, 0.5) is 4.79 Å². The molecule has 2 amide bonds. The highest BCUT2D eigenvalue weighted by Gasteiger charge is 2.35. The van der Waals surface area contributed by atoms with Crippen molar-refractivity contribution >= 4 is 49.7 Å². The number of para-hydroxylation sites is 2. The van der Waals surface area contributed by atoms with Crippen molar-refractivity contribution in [1.29, 1.82) is 0 Å². The first-order valence-electron chi connectivity index (χ1n) is 15.8. The highest BCUT2D eigenvalue weighted by molar-refractivity contribution is 6.48. The number of fused-ring (bicyclic) bond motifs is 1. The zero-order valence-electron chi connectivity index (χ0n) is 25.4. The second-order valence-corrected chi connectivity index (χ2v) is 12.4. The molecule has 3 aliphatic rings. The normalized spacial score (nSPS) is 19.9. The molecule has 3 aliphatic heterocycles. The third kappa shape index (κ3) is 6.55. The van der Waals surface area contributed by atoms with E-state index < -0.39 is 12.2 Å².